The van der Waals surface area contributed by atoms with Crippen LogP contribution in [-0.2, 0) is 33.4 Å². The maximum atomic E-state index is 12.5. The maximum absolute atomic E-state index is 12.5. The summed E-state index contributed by atoms with van der Waals surface area (Å²) in [7, 11) is 0. The second kappa shape index (κ2) is 7.67. The van der Waals surface area contributed by atoms with E-state index in [9.17, 15) is 19.2 Å². The number of β-lactam (4-membered cyclic amide) rings is 1. The Balaban J connectivity index is 2.11. The summed E-state index contributed by atoms with van der Waals surface area (Å²) in [5, 5.41) is -0.372. The van der Waals surface area contributed by atoms with Gasteiger partial charge in [0.25, 0.3) is 0 Å². The molecule has 144 valence electrons. The molecule has 2 rings (SSSR count). The van der Waals surface area contributed by atoms with Crippen molar-refractivity contribution in [3.63, 3.8) is 0 Å². The van der Waals surface area contributed by atoms with Crippen LogP contribution in [0, 0.1) is 5.41 Å². The molecular formula is C16H22N2O7S. The summed E-state index contributed by atoms with van der Waals surface area (Å²) >= 11 is 1.38. The predicted molar refractivity (Wildman–Crippen MR) is 91.2 cm³/mol. The van der Waals surface area contributed by atoms with Gasteiger partial charge in [0.1, 0.15) is 23.7 Å². The largest absolute Gasteiger partial charge is 0.461 e. The number of nitrogens with zero attached hydrogens (tertiary/aromatic N) is 1. The number of hydrogen-bond donors (Lipinski definition) is 1. The van der Waals surface area contributed by atoms with E-state index < -0.39 is 42.1 Å². The van der Waals surface area contributed by atoms with Crippen LogP contribution in [0.25, 0.3) is 0 Å². The SMILES string of the molecule is CC(=O)OCC1=C(C(=O)OCOC(=O)C(C)(C)C)N2C(=O)C(N)[C@H]2SC1. The van der Waals surface area contributed by atoms with Gasteiger partial charge in [0.15, 0.2) is 0 Å². The zero-order valence-corrected chi connectivity index (χ0v) is 15.9. The van der Waals surface area contributed by atoms with E-state index in [-0.39, 0.29) is 17.7 Å². The fraction of sp³-hybridized carbons (Fsp3) is 0.625. The molecule has 0 aliphatic carbocycles. The Morgan fingerprint density at radius 1 is 1.23 bits per heavy atom. The Morgan fingerprint density at radius 3 is 2.46 bits per heavy atom. The third-order valence-electron chi connectivity index (χ3n) is 3.72. The number of amides is 1. The van der Waals surface area contributed by atoms with Crippen molar-refractivity contribution >= 4 is 35.6 Å². The van der Waals surface area contributed by atoms with Gasteiger partial charge < -0.3 is 19.9 Å². The van der Waals surface area contributed by atoms with Crippen LogP contribution in [0.2, 0.25) is 0 Å². The highest BCUT2D eigenvalue weighted by Gasteiger charge is 2.52. The first kappa shape index (κ1) is 20.2. The molecule has 2 atom stereocenters. The summed E-state index contributed by atoms with van der Waals surface area (Å²) in [6, 6.07) is -0.697. The van der Waals surface area contributed by atoms with E-state index in [0.717, 1.165) is 0 Å². The molecule has 26 heavy (non-hydrogen) atoms. The molecule has 0 aromatic carbocycles. The van der Waals surface area contributed by atoms with Gasteiger partial charge in [0, 0.05) is 18.2 Å². The van der Waals surface area contributed by atoms with E-state index in [1.807, 2.05) is 0 Å². The van der Waals surface area contributed by atoms with Gasteiger partial charge in [-0.3, -0.25) is 19.3 Å². The Morgan fingerprint density at radius 2 is 1.88 bits per heavy atom. The summed E-state index contributed by atoms with van der Waals surface area (Å²) in [6.07, 6.45) is 0. The quantitative estimate of drug-likeness (QED) is 0.399. The minimum atomic E-state index is -0.834. The number of carbonyl (C=O) groups excluding carboxylic acids is 4. The highest BCUT2D eigenvalue weighted by atomic mass is 32.2. The second-order valence-corrected chi connectivity index (χ2v) is 8.00. The average molecular weight is 386 g/mol. The van der Waals surface area contributed by atoms with Gasteiger partial charge in [-0.25, -0.2) is 4.79 Å². The highest BCUT2D eigenvalue weighted by molar-refractivity contribution is 8.00. The number of carbonyl (C=O) groups is 4. The number of rotatable bonds is 5. The molecule has 0 aromatic rings. The van der Waals surface area contributed by atoms with Gasteiger partial charge in [-0.15, -0.1) is 11.8 Å². The molecule has 10 heteroatoms. The fourth-order valence-electron chi connectivity index (χ4n) is 2.29. The normalized spacial score (nSPS) is 22.3. The molecule has 0 spiro atoms. The lowest BCUT2D eigenvalue weighted by atomic mass is 9.98. The summed E-state index contributed by atoms with van der Waals surface area (Å²) < 4.78 is 14.8. The molecule has 0 aromatic heterocycles. The number of ether oxygens (including phenoxy) is 3. The van der Waals surface area contributed by atoms with Gasteiger partial charge in [0.05, 0.1) is 5.41 Å². The molecule has 1 unspecified atom stereocenters. The molecule has 1 fully saturated rings. The minimum Gasteiger partial charge on any atom is -0.461 e. The van der Waals surface area contributed by atoms with Gasteiger partial charge >= 0.3 is 17.9 Å². The minimum absolute atomic E-state index is 0.00601. The molecule has 9 nitrogen and oxygen atoms in total. The van der Waals surface area contributed by atoms with Crippen LogP contribution in [0.15, 0.2) is 11.3 Å². The molecule has 2 N–H and O–H groups in total. The van der Waals surface area contributed by atoms with Crippen molar-refractivity contribution < 1.29 is 33.4 Å². The summed E-state index contributed by atoms with van der Waals surface area (Å²) in [5.41, 5.74) is 5.45. The number of esters is 3. The molecular weight excluding hydrogens is 364 g/mol. The molecule has 2 heterocycles. The maximum Gasteiger partial charge on any atom is 0.358 e. The molecule has 0 saturated carbocycles. The highest BCUT2D eigenvalue weighted by Crippen LogP contribution is 2.39. The van der Waals surface area contributed by atoms with E-state index in [4.69, 9.17) is 19.9 Å². The Labute approximate surface area is 155 Å². The van der Waals surface area contributed by atoms with Gasteiger partial charge in [0.2, 0.25) is 12.7 Å². The molecule has 1 amide bonds. The van der Waals surface area contributed by atoms with Crippen molar-refractivity contribution in [2.75, 3.05) is 19.2 Å². The van der Waals surface area contributed by atoms with Crippen LogP contribution < -0.4 is 5.73 Å². The Hall–Kier alpha value is -2.07. The predicted octanol–water partition coefficient (Wildman–Crippen LogP) is 0.136. The number of nitrogens with two attached hydrogens (primary N) is 1. The van der Waals surface area contributed by atoms with E-state index in [1.54, 1.807) is 20.8 Å². The lowest BCUT2D eigenvalue weighted by Crippen LogP contribution is -2.68. The standard InChI is InChI=1S/C16H22N2O7S/c1-8(19)23-5-9-6-26-13-10(17)12(20)18(13)11(9)14(21)24-7-25-15(22)16(2,3)4/h10,13H,5-7,17H2,1-4H3/t10?,13-/m1/s1. The van der Waals surface area contributed by atoms with Crippen LogP contribution in [0.4, 0.5) is 0 Å². The first-order valence-corrected chi connectivity index (χ1v) is 8.99. The fourth-order valence-corrected chi connectivity index (χ4v) is 3.56. The average Bonchev–Trinajstić information content (AvgIpc) is 2.57. The van der Waals surface area contributed by atoms with Crippen LogP contribution in [0.3, 0.4) is 0 Å². The van der Waals surface area contributed by atoms with Crippen molar-refractivity contribution in [3.05, 3.63) is 11.3 Å². The lowest BCUT2D eigenvalue weighted by molar-refractivity contribution is -0.173. The number of hydrogen-bond acceptors (Lipinski definition) is 9. The van der Waals surface area contributed by atoms with Crippen molar-refractivity contribution in [2.24, 2.45) is 11.1 Å². The van der Waals surface area contributed by atoms with E-state index in [0.29, 0.717) is 11.3 Å². The topological polar surface area (TPSA) is 125 Å². The van der Waals surface area contributed by atoms with Crippen molar-refractivity contribution in [1.29, 1.82) is 0 Å². The number of thioether (sulfide) groups is 1. The zero-order chi connectivity index (χ0) is 19.6. The lowest BCUT2D eigenvalue weighted by Gasteiger charge is -2.48. The van der Waals surface area contributed by atoms with Crippen molar-refractivity contribution in [1.82, 2.24) is 4.90 Å². The first-order valence-electron chi connectivity index (χ1n) is 7.94. The van der Waals surface area contributed by atoms with Crippen molar-refractivity contribution in [2.45, 2.75) is 39.1 Å². The van der Waals surface area contributed by atoms with Crippen LogP contribution in [0.1, 0.15) is 27.7 Å². The second-order valence-electron chi connectivity index (χ2n) is 6.90. The molecule has 2 aliphatic heterocycles. The molecule has 1 saturated heterocycles. The summed E-state index contributed by atoms with van der Waals surface area (Å²) in [5.74, 6) is -1.93. The van der Waals surface area contributed by atoms with E-state index in [1.165, 1.54) is 23.6 Å². The van der Waals surface area contributed by atoms with Gasteiger partial charge in [-0.1, -0.05) is 0 Å². The molecule has 2 aliphatic rings. The number of fused-ring (bicyclic) bond motifs is 1. The van der Waals surface area contributed by atoms with Crippen molar-refractivity contribution in [3.8, 4) is 0 Å². The van der Waals surface area contributed by atoms with Gasteiger partial charge in [-0.2, -0.15) is 0 Å². The van der Waals surface area contributed by atoms with E-state index >= 15 is 0 Å². The Kier molecular flexibility index (Phi) is 5.97. The zero-order valence-electron chi connectivity index (χ0n) is 15.1. The third-order valence-corrected chi connectivity index (χ3v) is 5.08. The van der Waals surface area contributed by atoms with Crippen LogP contribution >= 0.6 is 11.8 Å². The van der Waals surface area contributed by atoms with Crippen LogP contribution in [0.5, 0.6) is 0 Å². The van der Waals surface area contributed by atoms with Gasteiger partial charge in [-0.05, 0) is 20.8 Å². The summed E-state index contributed by atoms with van der Waals surface area (Å²) in [6.45, 7) is 5.53. The van der Waals surface area contributed by atoms with Crippen LogP contribution in [-0.4, -0.2) is 59.3 Å². The van der Waals surface area contributed by atoms with E-state index in [2.05, 4.69) is 0 Å². The Bertz CT molecular complexity index is 668. The third kappa shape index (κ3) is 4.18. The summed E-state index contributed by atoms with van der Waals surface area (Å²) in [4.78, 5) is 48.5. The first-order chi connectivity index (χ1) is 12.0. The molecule has 0 bridgehead atoms. The molecule has 0 radical (unpaired) electrons. The smallest absolute Gasteiger partial charge is 0.358 e. The monoisotopic (exact) mass is 386 g/mol.